The molecule has 3 rings (SSSR count). The SMILES string of the molecule is CCOc1ccc(CN(CC)C(=O)CSc2nnc3n2CCCCC3)cc1OC. The van der Waals surface area contributed by atoms with Crippen molar-refractivity contribution in [3.8, 4) is 11.5 Å². The maximum Gasteiger partial charge on any atom is 0.233 e. The van der Waals surface area contributed by atoms with E-state index in [1.807, 2.05) is 36.9 Å². The lowest BCUT2D eigenvalue weighted by molar-refractivity contribution is -0.128. The van der Waals surface area contributed by atoms with Crippen LogP contribution in [0.4, 0.5) is 0 Å². The van der Waals surface area contributed by atoms with E-state index in [2.05, 4.69) is 14.8 Å². The van der Waals surface area contributed by atoms with Gasteiger partial charge in [0, 0.05) is 26.1 Å². The first-order valence-electron chi connectivity index (χ1n) is 10.3. The fourth-order valence-corrected chi connectivity index (χ4v) is 4.35. The first-order valence-corrected chi connectivity index (χ1v) is 11.3. The third-order valence-electron chi connectivity index (χ3n) is 5.04. The zero-order valence-corrected chi connectivity index (χ0v) is 18.3. The van der Waals surface area contributed by atoms with E-state index in [9.17, 15) is 4.79 Å². The van der Waals surface area contributed by atoms with E-state index in [4.69, 9.17) is 9.47 Å². The second kappa shape index (κ2) is 10.5. The number of amides is 1. The van der Waals surface area contributed by atoms with Crippen molar-refractivity contribution in [3.05, 3.63) is 29.6 Å². The van der Waals surface area contributed by atoms with Crippen molar-refractivity contribution in [2.24, 2.45) is 0 Å². The molecule has 0 bridgehead atoms. The summed E-state index contributed by atoms with van der Waals surface area (Å²) in [7, 11) is 1.63. The summed E-state index contributed by atoms with van der Waals surface area (Å²) in [5, 5.41) is 9.47. The molecule has 1 aliphatic heterocycles. The van der Waals surface area contributed by atoms with Crippen LogP contribution in [0.1, 0.15) is 44.5 Å². The number of ether oxygens (including phenoxy) is 2. The molecule has 0 radical (unpaired) electrons. The average molecular weight is 419 g/mol. The van der Waals surface area contributed by atoms with Crippen molar-refractivity contribution in [3.63, 3.8) is 0 Å². The molecule has 0 atom stereocenters. The Morgan fingerprint density at radius 3 is 2.83 bits per heavy atom. The van der Waals surface area contributed by atoms with Gasteiger partial charge < -0.3 is 18.9 Å². The van der Waals surface area contributed by atoms with Crippen LogP contribution in [0.2, 0.25) is 0 Å². The number of fused-ring (bicyclic) bond motifs is 1. The van der Waals surface area contributed by atoms with Gasteiger partial charge in [-0.25, -0.2) is 0 Å². The van der Waals surface area contributed by atoms with Gasteiger partial charge >= 0.3 is 0 Å². The molecule has 0 spiro atoms. The van der Waals surface area contributed by atoms with Gasteiger partial charge in [-0.3, -0.25) is 4.79 Å². The molecule has 29 heavy (non-hydrogen) atoms. The van der Waals surface area contributed by atoms with Crippen LogP contribution < -0.4 is 9.47 Å². The number of methoxy groups -OCH3 is 1. The molecule has 0 saturated heterocycles. The first kappa shape index (κ1) is 21.5. The number of hydrogen-bond acceptors (Lipinski definition) is 6. The number of rotatable bonds is 9. The maximum absolute atomic E-state index is 12.8. The average Bonchev–Trinajstić information content (AvgIpc) is 2.97. The van der Waals surface area contributed by atoms with Crippen LogP contribution in [-0.2, 0) is 24.3 Å². The van der Waals surface area contributed by atoms with E-state index >= 15 is 0 Å². The highest BCUT2D eigenvalue weighted by Gasteiger charge is 2.19. The Bertz CT molecular complexity index is 824. The summed E-state index contributed by atoms with van der Waals surface area (Å²) in [5.41, 5.74) is 1.02. The van der Waals surface area contributed by atoms with Gasteiger partial charge in [-0.1, -0.05) is 24.2 Å². The third kappa shape index (κ3) is 5.44. The van der Waals surface area contributed by atoms with Gasteiger partial charge in [0.05, 0.1) is 19.5 Å². The standard InChI is InChI=1S/C21H30N4O3S/c1-4-24(14-16-10-11-17(28-5-2)18(13-16)27-3)20(26)15-29-21-23-22-19-9-7-6-8-12-25(19)21/h10-11,13H,4-9,12,14-15H2,1-3H3. The van der Waals surface area contributed by atoms with Gasteiger partial charge in [0.15, 0.2) is 16.7 Å². The van der Waals surface area contributed by atoms with Gasteiger partial charge in [0.2, 0.25) is 5.91 Å². The predicted octanol–water partition coefficient (Wildman–Crippen LogP) is 3.55. The van der Waals surface area contributed by atoms with E-state index < -0.39 is 0 Å². The number of benzene rings is 1. The molecule has 0 N–H and O–H groups in total. The van der Waals surface area contributed by atoms with Crippen molar-refractivity contribution < 1.29 is 14.3 Å². The Hall–Kier alpha value is -2.22. The zero-order valence-electron chi connectivity index (χ0n) is 17.5. The normalized spacial score (nSPS) is 13.5. The van der Waals surface area contributed by atoms with Gasteiger partial charge in [-0.15, -0.1) is 10.2 Å². The lowest BCUT2D eigenvalue weighted by Crippen LogP contribution is -2.31. The Kier molecular flexibility index (Phi) is 7.80. The van der Waals surface area contributed by atoms with Gasteiger partial charge in [0.1, 0.15) is 5.82 Å². The van der Waals surface area contributed by atoms with E-state index in [-0.39, 0.29) is 5.91 Å². The monoisotopic (exact) mass is 418 g/mol. The summed E-state index contributed by atoms with van der Waals surface area (Å²) < 4.78 is 13.2. The van der Waals surface area contributed by atoms with Crippen LogP contribution in [0.25, 0.3) is 0 Å². The molecule has 0 saturated carbocycles. The molecular weight excluding hydrogens is 388 g/mol. The van der Waals surface area contributed by atoms with Crippen LogP contribution >= 0.6 is 11.8 Å². The Labute approximate surface area is 176 Å². The number of carbonyl (C=O) groups is 1. The maximum atomic E-state index is 12.8. The van der Waals surface area contributed by atoms with E-state index in [1.54, 1.807) is 7.11 Å². The fourth-order valence-electron chi connectivity index (χ4n) is 3.46. The Balaban J connectivity index is 1.62. The highest BCUT2D eigenvalue weighted by Crippen LogP contribution is 2.29. The number of thioether (sulfide) groups is 1. The van der Waals surface area contributed by atoms with Crippen molar-refractivity contribution in [1.82, 2.24) is 19.7 Å². The molecule has 8 heteroatoms. The minimum atomic E-state index is 0.0938. The quantitative estimate of drug-likeness (QED) is 0.580. The van der Waals surface area contributed by atoms with Crippen molar-refractivity contribution >= 4 is 17.7 Å². The molecule has 1 aromatic carbocycles. The topological polar surface area (TPSA) is 69.5 Å². The summed E-state index contributed by atoms with van der Waals surface area (Å²) >= 11 is 1.48. The Morgan fingerprint density at radius 2 is 2.07 bits per heavy atom. The van der Waals surface area contributed by atoms with Crippen LogP contribution in [0.3, 0.4) is 0 Å². The minimum absolute atomic E-state index is 0.0938. The van der Waals surface area contributed by atoms with Crippen LogP contribution in [0.5, 0.6) is 11.5 Å². The smallest absolute Gasteiger partial charge is 0.233 e. The summed E-state index contributed by atoms with van der Waals surface area (Å²) in [5.74, 6) is 2.91. The number of aryl methyl sites for hydroxylation is 1. The van der Waals surface area contributed by atoms with Crippen LogP contribution in [0, 0.1) is 0 Å². The van der Waals surface area contributed by atoms with Gasteiger partial charge in [0.25, 0.3) is 0 Å². The molecule has 1 aliphatic rings. The van der Waals surface area contributed by atoms with Gasteiger partial charge in [-0.2, -0.15) is 0 Å². The van der Waals surface area contributed by atoms with Crippen molar-refractivity contribution in [2.75, 3.05) is 26.0 Å². The molecule has 1 aromatic heterocycles. The zero-order chi connectivity index (χ0) is 20.6. The summed E-state index contributed by atoms with van der Waals surface area (Å²) in [4.78, 5) is 14.7. The van der Waals surface area contributed by atoms with E-state index in [0.29, 0.717) is 31.2 Å². The second-order valence-corrected chi connectivity index (χ2v) is 7.92. The van der Waals surface area contributed by atoms with Crippen LogP contribution in [-0.4, -0.2) is 51.6 Å². The molecule has 158 valence electrons. The third-order valence-corrected chi connectivity index (χ3v) is 5.99. The number of carbonyl (C=O) groups excluding carboxylic acids is 1. The molecule has 0 unspecified atom stereocenters. The predicted molar refractivity (Wildman–Crippen MR) is 114 cm³/mol. The lowest BCUT2D eigenvalue weighted by Gasteiger charge is -2.21. The lowest BCUT2D eigenvalue weighted by atomic mass is 10.2. The number of nitrogens with zero attached hydrogens (tertiary/aromatic N) is 4. The largest absolute Gasteiger partial charge is 0.493 e. The van der Waals surface area contributed by atoms with Crippen molar-refractivity contribution in [1.29, 1.82) is 0 Å². The molecule has 0 fully saturated rings. The summed E-state index contributed by atoms with van der Waals surface area (Å²) in [6, 6.07) is 5.82. The van der Waals surface area contributed by atoms with Crippen molar-refractivity contribution in [2.45, 2.75) is 57.8 Å². The summed E-state index contributed by atoms with van der Waals surface area (Å²) in [6.07, 6.45) is 4.51. The Morgan fingerprint density at radius 1 is 1.21 bits per heavy atom. The molecule has 7 nitrogen and oxygen atoms in total. The molecule has 2 aromatic rings. The molecule has 1 amide bonds. The number of hydrogen-bond donors (Lipinski definition) is 0. The van der Waals surface area contributed by atoms with Crippen LogP contribution in [0.15, 0.2) is 23.4 Å². The molecule has 0 aliphatic carbocycles. The fraction of sp³-hybridized carbons (Fsp3) is 0.571. The highest BCUT2D eigenvalue weighted by molar-refractivity contribution is 7.99. The van der Waals surface area contributed by atoms with E-state index in [1.165, 1.54) is 18.2 Å². The second-order valence-electron chi connectivity index (χ2n) is 6.98. The highest BCUT2D eigenvalue weighted by atomic mass is 32.2. The minimum Gasteiger partial charge on any atom is -0.493 e. The first-order chi connectivity index (χ1) is 14.2. The molecular formula is C21H30N4O3S. The van der Waals surface area contributed by atoms with E-state index in [0.717, 1.165) is 48.1 Å². The summed E-state index contributed by atoms with van der Waals surface area (Å²) in [6.45, 7) is 6.65. The van der Waals surface area contributed by atoms with Gasteiger partial charge in [-0.05, 0) is 44.4 Å². The number of aromatic nitrogens is 3. The molecule has 2 heterocycles.